The van der Waals surface area contributed by atoms with Crippen LogP contribution in [-0.2, 0) is 0 Å². The zero-order chi connectivity index (χ0) is 21.6. The van der Waals surface area contributed by atoms with Crippen molar-refractivity contribution < 1.29 is 4.79 Å². The van der Waals surface area contributed by atoms with Crippen LogP contribution in [0.3, 0.4) is 0 Å². The Labute approximate surface area is 186 Å². The van der Waals surface area contributed by atoms with E-state index in [0.29, 0.717) is 22.9 Å². The lowest BCUT2D eigenvalue weighted by molar-refractivity contribution is 0.100. The second-order valence-corrected chi connectivity index (χ2v) is 7.20. The Kier molecular flexibility index (Phi) is 6.10. The molecule has 4 aromatic rings. The number of hydrogen-bond acceptors (Lipinski definition) is 4. The smallest absolute Gasteiger partial charge is 0.264 e. The number of carbonyl (C=O) groups excluding carboxylic acids is 1. The molecular formula is C25H20N4OS. The highest BCUT2D eigenvalue weighted by molar-refractivity contribution is 7.81. The van der Waals surface area contributed by atoms with Crippen LogP contribution in [0.1, 0.15) is 15.9 Å². The van der Waals surface area contributed by atoms with Gasteiger partial charge in [0.25, 0.3) is 5.91 Å². The van der Waals surface area contributed by atoms with Crippen molar-refractivity contribution in [3.8, 4) is 0 Å². The molecule has 0 aliphatic rings. The molecule has 31 heavy (non-hydrogen) atoms. The van der Waals surface area contributed by atoms with E-state index in [1.54, 1.807) is 17.3 Å². The van der Waals surface area contributed by atoms with E-state index in [1.807, 2.05) is 97.9 Å². The second-order valence-electron chi connectivity index (χ2n) is 6.84. The summed E-state index contributed by atoms with van der Waals surface area (Å²) in [5, 5.41) is 0.258. The number of thiocarbonyl (C=S) groups is 1. The second kappa shape index (κ2) is 9.28. The zero-order valence-corrected chi connectivity index (χ0v) is 17.7. The molecule has 0 aliphatic heterocycles. The van der Waals surface area contributed by atoms with E-state index in [-0.39, 0.29) is 11.0 Å². The summed E-state index contributed by atoms with van der Waals surface area (Å²) in [6.45, 7) is 1.98. The molecule has 2 aromatic heterocycles. The van der Waals surface area contributed by atoms with Crippen molar-refractivity contribution >= 4 is 40.6 Å². The molecule has 0 radical (unpaired) electrons. The molecule has 0 atom stereocenters. The van der Waals surface area contributed by atoms with Gasteiger partial charge in [-0.15, -0.1) is 0 Å². The summed E-state index contributed by atoms with van der Waals surface area (Å²) >= 11 is 5.90. The van der Waals surface area contributed by atoms with E-state index in [0.717, 1.165) is 5.56 Å². The third-order valence-corrected chi connectivity index (χ3v) is 5.02. The van der Waals surface area contributed by atoms with Gasteiger partial charge < -0.3 is 0 Å². The number of nitrogens with zero attached hydrogens (tertiary/aromatic N) is 4. The topological polar surface area (TPSA) is 49.3 Å². The third kappa shape index (κ3) is 4.49. The van der Waals surface area contributed by atoms with Crippen molar-refractivity contribution in [3.63, 3.8) is 0 Å². The molecule has 0 saturated carbocycles. The minimum atomic E-state index is -0.229. The molecule has 1 amide bonds. The highest BCUT2D eigenvalue weighted by Crippen LogP contribution is 2.27. The fourth-order valence-corrected chi connectivity index (χ4v) is 3.48. The van der Waals surface area contributed by atoms with Crippen LogP contribution >= 0.6 is 12.2 Å². The Morgan fingerprint density at radius 3 is 1.81 bits per heavy atom. The number of aryl methyl sites for hydroxylation is 1. The van der Waals surface area contributed by atoms with Gasteiger partial charge in [-0.3, -0.25) is 14.6 Å². The third-order valence-electron chi connectivity index (χ3n) is 4.66. The maximum absolute atomic E-state index is 13.6. The van der Waals surface area contributed by atoms with Crippen LogP contribution in [0.4, 0.5) is 17.3 Å². The summed E-state index contributed by atoms with van der Waals surface area (Å²) < 4.78 is 0. The van der Waals surface area contributed by atoms with E-state index in [4.69, 9.17) is 12.2 Å². The largest absolute Gasteiger partial charge is 0.268 e. The van der Waals surface area contributed by atoms with Gasteiger partial charge in [0.1, 0.15) is 11.6 Å². The highest BCUT2D eigenvalue weighted by atomic mass is 32.1. The first-order valence-electron chi connectivity index (χ1n) is 9.77. The van der Waals surface area contributed by atoms with Crippen molar-refractivity contribution in [2.45, 2.75) is 6.92 Å². The summed E-state index contributed by atoms with van der Waals surface area (Å²) in [6.07, 6.45) is 3.37. The van der Waals surface area contributed by atoms with Crippen LogP contribution in [0.15, 0.2) is 103 Å². The van der Waals surface area contributed by atoms with Crippen molar-refractivity contribution in [1.82, 2.24) is 9.97 Å². The molecule has 0 unspecified atom stereocenters. The van der Waals surface area contributed by atoms with Crippen LogP contribution in [-0.4, -0.2) is 21.0 Å². The van der Waals surface area contributed by atoms with E-state index >= 15 is 0 Å². The average molecular weight is 425 g/mol. The predicted octanol–water partition coefficient (Wildman–Crippen LogP) is 5.56. The zero-order valence-electron chi connectivity index (χ0n) is 16.9. The van der Waals surface area contributed by atoms with E-state index < -0.39 is 0 Å². The molecule has 0 saturated heterocycles. The summed E-state index contributed by atoms with van der Waals surface area (Å²) in [5.41, 5.74) is 2.28. The number of benzene rings is 2. The molecule has 0 fully saturated rings. The SMILES string of the molecule is Cc1ccc(C(=O)N(C(=S)N(c2ccccn2)c2ccccn2)c2ccccc2)cc1. The number of hydrogen-bond donors (Lipinski definition) is 0. The first-order chi connectivity index (χ1) is 15.1. The maximum atomic E-state index is 13.6. The van der Waals surface area contributed by atoms with E-state index in [2.05, 4.69) is 9.97 Å². The molecule has 2 aromatic carbocycles. The van der Waals surface area contributed by atoms with Gasteiger partial charge in [0, 0.05) is 18.0 Å². The molecule has 6 heteroatoms. The molecule has 0 aliphatic carbocycles. The van der Waals surface area contributed by atoms with Crippen molar-refractivity contribution in [2.24, 2.45) is 0 Å². The van der Waals surface area contributed by atoms with E-state index in [1.165, 1.54) is 4.90 Å². The first-order valence-corrected chi connectivity index (χ1v) is 10.2. The lowest BCUT2D eigenvalue weighted by Crippen LogP contribution is -2.45. The number of aromatic nitrogens is 2. The number of amides is 1. The van der Waals surface area contributed by atoms with Gasteiger partial charge in [-0.05, 0) is 67.7 Å². The molecule has 0 bridgehead atoms. The number of rotatable bonds is 4. The molecular weight excluding hydrogens is 404 g/mol. The molecule has 152 valence electrons. The Balaban J connectivity index is 1.83. The van der Waals surface area contributed by atoms with Crippen LogP contribution in [0, 0.1) is 6.92 Å². The number of carbonyl (C=O) groups is 1. The van der Waals surface area contributed by atoms with Crippen LogP contribution in [0.2, 0.25) is 0 Å². The average Bonchev–Trinajstić information content (AvgIpc) is 2.82. The van der Waals surface area contributed by atoms with Gasteiger partial charge in [0.05, 0.1) is 5.69 Å². The number of para-hydroxylation sites is 1. The summed E-state index contributed by atoms with van der Waals surface area (Å²) in [5.74, 6) is 0.917. The fourth-order valence-electron chi connectivity index (χ4n) is 3.10. The minimum absolute atomic E-state index is 0.229. The predicted molar refractivity (Wildman–Crippen MR) is 128 cm³/mol. The molecule has 4 rings (SSSR count). The summed E-state index contributed by atoms with van der Waals surface area (Å²) in [7, 11) is 0. The number of anilines is 3. The fraction of sp³-hybridized carbons (Fsp3) is 0.0400. The molecule has 0 spiro atoms. The van der Waals surface area contributed by atoms with Gasteiger partial charge in [0.2, 0.25) is 0 Å². The highest BCUT2D eigenvalue weighted by Gasteiger charge is 2.28. The molecule has 5 nitrogen and oxygen atoms in total. The van der Waals surface area contributed by atoms with Crippen LogP contribution < -0.4 is 9.80 Å². The summed E-state index contributed by atoms with van der Waals surface area (Å²) in [6, 6.07) is 27.9. The normalized spacial score (nSPS) is 10.4. The van der Waals surface area contributed by atoms with Crippen molar-refractivity contribution in [2.75, 3.05) is 9.80 Å². The molecule has 2 heterocycles. The maximum Gasteiger partial charge on any atom is 0.264 e. The van der Waals surface area contributed by atoms with Gasteiger partial charge in [0.15, 0.2) is 5.11 Å². The molecule has 0 N–H and O–H groups in total. The lowest BCUT2D eigenvalue weighted by Gasteiger charge is -2.31. The van der Waals surface area contributed by atoms with Crippen LogP contribution in [0.25, 0.3) is 0 Å². The Morgan fingerprint density at radius 2 is 1.29 bits per heavy atom. The lowest BCUT2D eigenvalue weighted by atomic mass is 10.1. The Bertz CT molecular complexity index is 1130. The summed E-state index contributed by atoms with van der Waals surface area (Å²) in [4.78, 5) is 25.8. The van der Waals surface area contributed by atoms with Crippen molar-refractivity contribution in [3.05, 3.63) is 115 Å². The van der Waals surface area contributed by atoms with Gasteiger partial charge in [-0.2, -0.15) is 0 Å². The Hall–Kier alpha value is -3.90. The van der Waals surface area contributed by atoms with E-state index in [9.17, 15) is 4.79 Å². The van der Waals surface area contributed by atoms with Gasteiger partial charge in [-0.1, -0.05) is 48.0 Å². The number of pyridine rings is 2. The quantitative estimate of drug-likeness (QED) is 0.402. The Morgan fingerprint density at radius 1 is 0.742 bits per heavy atom. The van der Waals surface area contributed by atoms with Gasteiger partial charge in [-0.25, -0.2) is 9.97 Å². The van der Waals surface area contributed by atoms with Gasteiger partial charge >= 0.3 is 0 Å². The standard InChI is InChI=1S/C25H20N4OS/c1-19-13-15-20(16-14-19)24(30)28(21-9-3-2-4-10-21)25(31)29(22-11-5-7-17-26-22)23-12-6-8-18-27-23/h2-18H,1H3. The van der Waals surface area contributed by atoms with Crippen molar-refractivity contribution in [1.29, 1.82) is 0 Å². The van der Waals surface area contributed by atoms with Crippen LogP contribution in [0.5, 0.6) is 0 Å². The first kappa shape index (κ1) is 20.4. The monoisotopic (exact) mass is 424 g/mol. The minimum Gasteiger partial charge on any atom is -0.268 e.